The lowest BCUT2D eigenvalue weighted by Crippen LogP contribution is -2.06. The summed E-state index contributed by atoms with van der Waals surface area (Å²) < 4.78 is 5.93. The molecule has 0 aliphatic carbocycles. The largest absolute Gasteiger partial charge is 0.378 e. The highest BCUT2D eigenvalue weighted by Gasteiger charge is 2.05. The van der Waals surface area contributed by atoms with E-state index >= 15 is 0 Å². The third-order valence-electron chi connectivity index (χ3n) is 2.46. The molecule has 2 aromatic rings. The van der Waals surface area contributed by atoms with Gasteiger partial charge in [-0.2, -0.15) is 0 Å². The van der Waals surface area contributed by atoms with Gasteiger partial charge in [0, 0.05) is 28.7 Å². The van der Waals surface area contributed by atoms with Crippen LogP contribution >= 0.6 is 15.9 Å². The van der Waals surface area contributed by atoms with E-state index in [9.17, 15) is 4.79 Å². The maximum absolute atomic E-state index is 11.9. The third-order valence-corrected chi connectivity index (χ3v) is 2.91. The van der Waals surface area contributed by atoms with Gasteiger partial charge in [0.25, 0.3) is 0 Å². The number of hydrogen-bond donors (Lipinski definition) is 1. The van der Waals surface area contributed by atoms with E-state index in [-0.39, 0.29) is 5.43 Å². The number of hydrogen-bond acceptors (Lipinski definition) is 2. The van der Waals surface area contributed by atoms with E-state index in [1.807, 2.05) is 19.1 Å². The number of methoxy groups -OCH3 is 1. The van der Waals surface area contributed by atoms with E-state index < -0.39 is 0 Å². The summed E-state index contributed by atoms with van der Waals surface area (Å²) in [6.07, 6.45) is 0. The standard InChI is InChI=1S/C12H12BrNO2/c1-7-3-8(13)4-10-11(15)5-9(6-16-2)14-12(7)10/h3-5H,6H2,1-2H3,(H,14,15). The minimum Gasteiger partial charge on any atom is -0.378 e. The Kier molecular flexibility index (Phi) is 3.12. The first kappa shape index (κ1) is 11.4. The smallest absolute Gasteiger partial charge is 0.189 e. The van der Waals surface area contributed by atoms with Crippen molar-refractivity contribution in [3.05, 3.63) is 44.2 Å². The lowest BCUT2D eigenvalue weighted by Gasteiger charge is -2.06. The molecule has 2 rings (SSSR count). The van der Waals surface area contributed by atoms with Crippen LogP contribution in [0.15, 0.2) is 27.5 Å². The zero-order valence-electron chi connectivity index (χ0n) is 9.13. The number of H-pyrrole nitrogens is 1. The minimum atomic E-state index is 0.0187. The quantitative estimate of drug-likeness (QED) is 0.920. The molecule has 0 spiro atoms. The van der Waals surface area contributed by atoms with Crippen LogP contribution in [0.1, 0.15) is 11.3 Å². The maximum atomic E-state index is 11.9. The van der Waals surface area contributed by atoms with Crippen molar-refractivity contribution in [2.75, 3.05) is 7.11 Å². The van der Waals surface area contributed by atoms with Crippen LogP contribution in [0.5, 0.6) is 0 Å². The van der Waals surface area contributed by atoms with Gasteiger partial charge in [0.2, 0.25) is 0 Å². The monoisotopic (exact) mass is 281 g/mol. The predicted octanol–water partition coefficient (Wildman–Crippen LogP) is 2.75. The maximum Gasteiger partial charge on any atom is 0.189 e. The first-order chi connectivity index (χ1) is 7.61. The molecule has 1 aromatic carbocycles. The first-order valence-electron chi connectivity index (χ1n) is 4.93. The molecule has 0 saturated carbocycles. The van der Waals surface area contributed by atoms with Gasteiger partial charge < -0.3 is 9.72 Å². The van der Waals surface area contributed by atoms with Crippen LogP contribution in [-0.4, -0.2) is 12.1 Å². The number of nitrogens with one attached hydrogen (secondary N) is 1. The van der Waals surface area contributed by atoms with Crippen LogP contribution in [-0.2, 0) is 11.3 Å². The fourth-order valence-corrected chi connectivity index (χ4v) is 2.34. The third kappa shape index (κ3) is 2.03. The Morgan fingerprint density at radius 3 is 2.81 bits per heavy atom. The summed E-state index contributed by atoms with van der Waals surface area (Å²) in [5, 5.41) is 0.701. The SMILES string of the molecule is COCc1cc(=O)c2cc(Br)cc(C)c2[nH]1. The first-order valence-corrected chi connectivity index (χ1v) is 5.72. The van der Waals surface area contributed by atoms with Crippen LogP contribution in [0, 0.1) is 6.92 Å². The van der Waals surface area contributed by atoms with Gasteiger partial charge in [-0.05, 0) is 24.6 Å². The van der Waals surface area contributed by atoms with Crippen molar-refractivity contribution in [2.24, 2.45) is 0 Å². The van der Waals surface area contributed by atoms with Crippen LogP contribution < -0.4 is 5.43 Å². The molecule has 0 amide bonds. The van der Waals surface area contributed by atoms with Crippen molar-refractivity contribution in [3.63, 3.8) is 0 Å². The Hall–Kier alpha value is -1.13. The lowest BCUT2D eigenvalue weighted by atomic mass is 10.1. The molecule has 0 aliphatic rings. The fraction of sp³-hybridized carbons (Fsp3) is 0.250. The summed E-state index contributed by atoms with van der Waals surface area (Å²) in [7, 11) is 1.61. The highest BCUT2D eigenvalue weighted by Crippen LogP contribution is 2.20. The zero-order valence-corrected chi connectivity index (χ0v) is 10.7. The van der Waals surface area contributed by atoms with Crippen molar-refractivity contribution < 1.29 is 4.74 Å². The summed E-state index contributed by atoms with van der Waals surface area (Å²) in [6.45, 7) is 2.39. The summed E-state index contributed by atoms with van der Waals surface area (Å²) in [6, 6.07) is 5.39. The number of aromatic amines is 1. The molecule has 1 heterocycles. The Bertz CT molecular complexity index is 589. The van der Waals surface area contributed by atoms with E-state index in [1.165, 1.54) is 0 Å². The van der Waals surface area contributed by atoms with Crippen molar-refractivity contribution in [1.82, 2.24) is 4.98 Å². The number of benzene rings is 1. The molecule has 0 saturated heterocycles. The highest BCUT2D eigenvalue weighted by molar-refractivity contribution is 9.10. The van der Waals surface area contributed by atoms with Gasteiger partial charge in [-0.3, -0.25) is 4.79 Å². The van der Waals surface area contributed by atoms with Crippen molar-refractivity contribution >= 4 is 26.8 Å². The van der Waals surface area contributed by atoms with Crippen molar-refractivity contribution in [2.45, 2.75) is 13.5 Å². The molecular formula is C12H12BrNO2. The molecule has 3 nitrogen and oxygen atoms in total. The minimum absolute atomic E-state index is 0.0187. The van der Waals surface area contributed by atoms with E-state index in [0.717, 1.165) is 21.2 Å². The molecule has 1 N–H and O–H groups in total. The van der Waals surface area contributed by atoms with E-state index in [1.54, 1.807) is 13.2 Å². The van der Waals surface area contributed by atoms with Gasteiger partial charge in [0.15, 0.2) is 5.43 Å². The Balaban J connectivity index is 2.77. The van der Waals surface area contributed by atoms with Crippen LogP contribution in [0.4, 0.5) is 0 Å². The number of fused-ring (bicyclic) bond motifs is 1. The van der Waals surface area contributed by atoms with Gasteiger partial charge in [-0.25, -0.2) is 0 Å². The summed E-state index contributed by atoms with van der Waals surface area (Å²) in [5.74, 6) is 0. The van der Waals surface area contributed by atoms with Crippen molar-refractivity contribution in [1.29, 1.82) is 0 Å². The van der Waals surface area contributed by atoms with Crippen LogP contribution in [0.25, 0.3) is 10.9 Å². The van der Waals surface area contributed by atoms with Gasteiger partial charge in [-0.15, -0.1) is 0 Å². The average Bonchev–Trinajstić information content (AvgIpc) is 2.20. The molecule has 0 unspecified atom stereocenters. The van der Waals surface area contributed by atoms with Crippen LogP contribution in [0.2, 0.25) is 0 Å². The second-order valence-corrected chi connectivity index (χ2v) is 4.65. The second kappa shape index (κ2) is 4.39. The Morgan fingerprint density at radius 1 is 1.38 bits per heavy atom. The number of ether oxygens (including phenoxy) is 1. The summed E-state index contributed by atoms with van der Waals surface area (Å²) in [4.78, 5) is 15.1. The molecule has 0 aliphatic heterocycles. The second-order valence-electron chi connectivity index (χ2n) is 3.74. The number of pyridine rings is 1. The Labute approximate surface area is 102 Å². The number of halogens is 1. The highest BCUT2D eigenvalue weighted by atomic mass is 79.9. The molecule has 0 fully saturated rings. The van der Waals surface area contributed by atoms with E-state index in [2.05, 4.69) is 20.9 Å². The van der Waals surface area contributed by atoms with Gasteiger partial charge in [0.1, 0.15) is 0 Å². The number of aryl methyl sites for hydroxylation is 1. The molecular weight excluding hydrogens is 270 g/mol. The molecule has 16 heavy (non-hydrogen) atoms. The van der Waals surface area contributed by atoms with Gasteiger partial charge in [0.05, 0.1) is 12.1 Å². The molecule has 0 atom stereocenters. The van der Waals surface area contributed by atoms with Gasteiger partial charge in [-0.1, -0.05) is 15.9 Å². The molecule has 0 radical (unpaired) electrons. The van der Waals surface area contributed by atoms with E-state index in [0.29, 0.717) is 12.0 Å². The van der Waals surface area contributed by atoms with E-state index in [4.69, 9.17) is 4.74 Å². The lowest BCUT2D eigenvalue weighted by molar-refractivity contribution is 0.181. The molecule has 0 bridgehead atoms. The van der Waals surface area contributed by atoms with Crippen molar-refractivity contribution in [3.8, 4) is 0 Å². The fourth-order valence-electron chi connectivity index (χ4n) is 1.77. The Morgan fingerprint density at radius 2 is 2.12 bits per heavy atom. The number of aromatic nitrogens is 1. The normalized spacial score (nSPS) is 10.9. The summed E-state index contributed by atoms with van der Waals surface area (Å²) >= 11 is 3.39. The van der Waals surface area contributed by atoms with Crippen LogP contribution in [0.3, 0.4) is 0 Å². The molecule has 4 heteroatoms. The average molecular weight is 282 g/mol. The summed E-state index contributed by atoms with van der Waals surface area (Å²) in [5.41, 5.74) is 2.73. The topological polar surface area (TPSA) is 42.1 Å². The molecule has 1 aromatic heterocycles. The number of rotatable bonds is 2. The predicted molar refractivity (Wildman–Crippen MR) is 67.7 cm³/mol. The molecule has 84 valence electrons. The zero-order chi connectivity index (χ0) is 11.7. The van der Waals surface area contributed by atoms with Gasteiger partial charge >= 0.3 is 0 Å².